The highest BCUT2D eigenvalue weighted by Crippen LogP contribution is 2.36. The third-order valence-electron chi connectivity index (χ3n) is 2.37. The van der Waals surface area contributed by atoms with E-state index < -0.39 is 0 Å². The second-order valence-electron chi connectivity index (χ2n) is 3.50. The Morgan fingerprint density at radius 1 is 1.55 bits per heavy atom. The van der Waals surface area contributed by atoms with Gasteiger partial charge in [-0.15, -0.1) is 0 Å². The molecule has 0 aliphatic heterocycles. The maximum atomic E-state index is 7.34. The monoisotopic (exact) mass is 150 g/mol. The van der Waals surface area contributed by atoms with Gasteiger partial charge in [0.2, 0.25) is 5.54 Å². The molecule has 1 saturated carbocycles. The quantitative estimate of drug-likeness (QED) is 0.463. The Labute approximate surface area is 67.9 Å². The van der Waals surface area contributed by atoms with Gasteiger partial charge in [0.15, 0.2) is 0 Å². The molecule has 1 aliphatic rings. The van der Waals surface area contributed by atoms with Gasteiger partial charge >= 0.3 is 0 Å². The van der Waals surface area contributed by atoms with Gasteiger partial charge in [0.1, 0.15) is 0 Å². The van der Waals surface area contributed by atoms with Crippen LogP contribution in [0.5, 0.6) is 0 Å². The van der Waals surface area contributed by atoms with Crippen molar-refractivity contribution in [1.29, 1.82) is 5.41 Å². The Bertz CT molecular complexity index is 194. The van der Waals surface area contributed by atoms with E-state index in [1.807, 2.05) is 0 Å². The molecule has 0 radical (unpaired) electrons. The highest BCUT2D eigenvalue weighted by Gasteiger charge is 2.40. The minimum atomic E-state index is -0.175. The molecule has 0 spiro atoms. The average Bonchev–Trinajstić information content (AvgIpc) is 2.36. The fourth-order valence-corrected chi connectivity index (χ4v) is 1.85. The van der Waals surface area contributed by atoms with Crippen LogP contribution in [0.4, 0.5) is 0 Å². The predicted octanol–water partition coefficient (Wildman–Crippen LogP) is 2.65. The summed E-state index contributed by atoms with van der Waals surface area (Å²) in [6.45, 7) is 8.87. The molecule has 1 aliphatic carbocycles. The number of hydrogen-bond acceptors (Lipinski definition) is 1. The topological polar surface area (TPSA) is 28.2 Å². The molecule has 0 heterocycles. The molecule has 0 unspecified atom stereocenters. The summed E-state index contributed by atoms with van der Waals surface area (Å²) in [5.41, 5.74) is 0.481. The maximum absolute atomic E-state index is 7.34. The molecule has 0 bridgehead atoms. The molecule has 0 aromatic rings. The lowest BCUT2D eigenvalue weighted by Gasteiger charge is -2.13. The van der Waals surface area contributed by atoms with Gasteiger partial charge in [-0.3, -0.25) is 0 Å². The van der Waals surface area contributed by atoms with Crippen LogP contribution < -0.4 is 0 Å². The fourth-order valence-electron chi connectivity index (χ4n) is 1.85. The van der Waals surface area contributed by atoms with Crippen LogP contribution in [0, 0.1) is 12.0 Å². The summed E-state index contributed by atoms with van der Waals surface area (Å²) in [6.07, 6.45) is 5.06. The highest BCUT2D eigenvalue weighted by atomic mass is 14.8. The van der Waals surface area contributed by atoms with Crippen LogP contribution in [-0.2, 0) is 0 Å². The van der Waals surface area contributed by atoms with Gasteiger partial charge in [-0.25, -0.2) is 6.57 Å². The first kappa shape index (κ1) is 8.26. The fraction of sp³-hybridized carbons (Fsp3) is 0.778. The number of nitrogens with one attached hydrogen (secondary N) is 1. The summed E-state index contributed by atoms with van der Waals surface area (Å²) in [4.78, 5) is 3.67. The van der Waals surface area contributed by atoms with Crippen LogP contribution in [0.15, 0.2) is 0 Å². The second kappa shape index (κ2) is 3.04. The van der Waals surface area contributed by atoms with Crippen molar-refractivity contribution in [3.63, 3.8) is 0 Å². The minimum Gasteiger partial charge on any atom is -0.310 e. The van der Waals surface area contributed by atoms with Gasteiger partial charge < -0.3 is 10.3 Å². The summed E-state index contributed by atoms with van der Waals surface area (Å²) in [7, 11) is 0. The maximum Gasteiger partial charge on any atom is 0.237 e. The average molecular weight is 150 g/mol. The van der Waals surface area contributed by atoms with E-state index in [2.05, 4.69) is 4.85 Å². The summed E-state index contributed by atoms with van der Waals surface area (Å²) in [5, 5.41) is 7.34. The second-order valence-corrected chi connectivity index (χ2v) is 3.50. The van der Waals surface area contributed by atoms with Crippen molar-refractivity contribution >= 4 is 5.71 Å². The van der Waals surface area contributed by atoms with Crippen molar-refractivity contribution in [3.8, 4) is 0 Å². The molecule has 0 aromatic carbocycles. The van der Waals surface area contributed by atoms with Gasteiger partial charge in [-0.05, 0) is 19.8 Å². The van der Waals surface area contributed by atoms with E-state index in [9.17, 15) is 0 Å². The summed E-state index contributed by atoms with van der Waals surface area (Å²) in [6, 6.07) is 0. The molecule has 11 heavy (non-hydrogen) atoms. The number of nitrogens with zero attached hydrogens (tertiary/aromatic N) is 1. The molecule has 0 amide bonds. The van der Waals surface area contributed by atoms with E-state index in [0.717, 1.165) is 12.8 Å². The molecule has 1 fully saturated rings. The Morgan fingerprint density at radius 2 is 2.09 bits per heavy atom. The van der Waals surface area contributed by atoms with E-state index in [1.165, 1.54) is 12.8 Å². The van der Waals surface area contributed by atoms with Gasteiger partial charge in [0.05, 0.1) is 6.42 Å². The van der Waals surface area contributed by atoms with E-state index in [1.54, 1.807) is 6.92 Å². The first-order valence-corrected chi connectivity index (χ1v) is 4.11. The molecule has 2 nitrogen and oxygen atoms in total. The first-order valence-electron chi connectivity index (χ1n) is 4.11. The molecular weight excluding hydrogens is 136 g/mol. The lowest BCUT2D eigenvalue weighted by molar-refractivity contribution is 0.539. The third-order valence-corrected chi connectivity index (χ3v) is 2.37. The SMILES string of the molecule is [C-]#[N+]C1(CC(C)=N)CCCC1. The Kier molecular flexibility index (Phi) is 2.28. The van der Waals surface area contributed by atoms with Crippen molar-refractivity contribution in [2.75, 3.05) is 0 Å². The summed E-state index contributed by atoms with van der Waals surface area (Å²) in [5.74, 6) is 0. The van der Waals surface area contributed by atoms with Crippen molar-refractivity contribution in [2.24, 2.45) is 0 Å². The molecule has 1 rings (SSSR count). The van der Waals surface area contributed by atoms with Gasteiger partial charge in [-0.1, -0.05) is 0 Å². The first-order chi connectivity index (χ1) is 5.18. The standard InChI is InChI=1S/C9H14N2/c1-8(10)7-9(11-2)5-3-4-6-9/h10H,3-7H2,1H3. The van der Waals surface area contributed by atoms with E-state index in [-0.39, 0.29) is 5.54 Å². The van der Waals surface area contributed by atoms with Crippen LogP contribution in [0.1, 0.15) is 39.0 Å². The van der Waals surface area contributed by atoms with Crippen LogP contribution in [0.25, 0.3) is 4.85 Å². The predicted molar refractivity (Wildman–Crippen MR) is 45.8 cm³/mol. The van der Waals surface area contributed by atoms with Crippen LogP contribution >= 0.6 is 0 Å². The molecular formula is C9H14N2. The van der Waals surface area contributed by atoms with Crippen molar-refractivity contribution in [1.82, 2.24) is 0 Å². The zero-order valence-electron chi connectivity index (χ0n) is 6.98. The van der Waals surface area contributed by atoms with Crippen LogP contribution in [0.2, 0.25) is 0 Å². The van der Waals surface area contributed by atoms with E-state index >= 15 is 0 Å². The Hall–Kier alpha value is -0.840. The number of rotatable bonds is 2. The Morgan fingerprint density at radius 3 is 2.45 bits per heavy atom. The van der Waals surface area contributed by atoms with Crippen LogP contribution in [0.3, 0.4) is 0 Å². The summed E-state index contributed by atoms with van der Waals surface area (Å²) >= 11 is 0. The van der Waals surface area contributed by atoms with E-state index in [0.29, 0.717) is 12.1 Å². The highest BCUT2D eigenvalue weighted by molar-refractivity contribution is 5.80. The third kappa shape index (κ3) is 1.80. The smallest absolute Gasteiger partial charge is 0.237 e. The molecule has 0 atom stereocenters. The zero-order valence-corrected chi connectivity index (χ0v) is 6.98. The van der Waals surface area contributed by atoms with Crippen molar-refractivity contribution in [3.05, 3.63) is 11.4 Å². The van der Waals surface area contributed by atoms with Gasteiger partial charge in [0.25, 0.3) is 0 Å². The molecule has 0 aromatic heterocycles. The zero-order chi connectivity index (χ0) is 8.32. The molecule has 60 valence electrons. The van der Waals surface area contributed by atoms with Crippen molar-refractivity contribution < 1.29 is 0 Å². The van der Waals surface area contributed by atoms with Gasteiger partial charge in [-0.2, -0.15) is 0 Å². The lowest BCUT2D eigenvalue weighted by atomic mass is 9.92. The van der Waals surface area contributed by atoms with Crippen molar-refractivity contribution in [2.45, 2.75) is 44.6 Å². The number of hydrogen-bond donors (Lipinski definition) is 1. The molecule has 2 heteroatoms. The normalized spacial score (nSPS) is 21.1. The Balaban J connectivity index is 2.61. The molecule has 0 saturated heterocycles. The van der Waals surface area contributed by atoms with Gasteiger partial charge in [0, 0.05) is 18.6 Å². The summed E-state index contributed by atoms with van der Waals surface area (Å²) < 4.78 is 0. The van der Waals surface area contributed by atoms with Crippen LogP contribution in [-0.4, -0.2) is 11.3 Å². The largest absolute Gasteiger partial charge is 0.310 e. The molecule has 1 N–H and O–H groups in total. The van der Waals surface area contributed by atoms with E-state index in [4.69, 9.17) is 12.0 Å². The minimum absolute atomic E-state index is 0.175. The lowest BCUT2D eigenvalue weighted by Crippen LogP contribution is -2.22.